The summed E-state index contributed by atoms with van der Waals surface area (Å²) in [5.41, 5.74) is 2.43. The third kappa shape index (κ3) is 2.46. The van der Waals surface area contributed by atoms with E-state index < -0.39 is 5.91 Å². The second-order valence-corrected chi connectivity index (χ2v) is 3.10. The maximum atomic E-state index is 11.3. The minimum atomic E-state index is -0.403. The fraction of sp³-hybridized carbons (Fsp3) is 0.286. The van der Waals surface area contributed by atoms with Crippen molar-refractivity contribution in [1.82, 2.24) is 15.4 Å². The van der Waals surface area contributed by atoms with E-state index in [-0.39, 0.29) is 5.69 Å². The summed E-state index contributed by atoms with van der Waals surface area (Å²) in [5, 5.41) is 0. The Bertz CT molecular complexity index is 330. The number of rotatable bonds is 2. The van der Waals surface area contributed by atoms with Crippen LogP contribution in [0.25, 0.3) is 0 Å². The first kappa shape index (κ1) is 10.1. The summed E-state index contributed by atoms with van der Waals surface area (Å²) in [7, 11) is 1.36. The summed E-state index contributed by atoms with van der Waals surface area (Å²) in [6.45, 7) is 1.70. The Balaban J connectivity index is 2.99. The molecule has 5 nitrogen and oxygen atoms in total. The minimum Gasteiger partial charge on any atom is -0.277 e. The zero-order valence-corrected chi connectivity index (χ0v) is 8.75. The maximum Gasteiger partial charge on any atom is 0.294 e. The Morgan fingerprint density at radius 3 is 3.00 bits per heavy atom. The van der Waals surface area contributed by atoms with Gasteiger partial charge in [-0.15, -0.1) is 0 Å². The van der Waals surface area contributed by atoms with Gasteiger partial charge in [0.15, 0.2) is 0 Å². The van der Waals surface area contributed by atoms with Gasteiger partial charge in [0.25, 0.3) is 5.91 Å². The Morgan fingerprint density at radius 1 is 1.69 bits per heavy atom. The first-order valence-corrected chi connectivity index (χ1v) is 4.27. The molecule has 1 rings (SSSR count). The highest BCUT2D eigenvalue weighted by molar-refractivity contribution is 9.10. The lowest BCUT2D eigenvalue weighted by molar-refractivity contribution is 0.0531. The smallest absolute Gasteiger partial charge is 0.277 e. The van der Waals surface area contributed by atoms with Gasteiger partial charge in [-0.1, -0.05) is 0 Å². The van der Waals surface area contributed by atoms with Gasteiger partial charge in [0.05, 0.1) is 11.6 Å². The second kappa shape index (κ2) is 4.29. The molecule has 0 saturated heterocycles. The summed E-state index contributed by atoms with van der Waals surface area (Å²) >= 11 is 3.16. The van der Waals surface area contributed by atoms with E-state index in [1.54, 1.807) is 6.92 Å². The molecule has 0 unspecified atom stereocenters. The summed E-state index contributed by atoms with van der Waals surface area (Å²) < 4.78 is 0.535. The van der Waals surface area contributed by atoms with Crippen LogP contribution in [0.1, 0.15) is 16.3 Å². The number of carbonyl (C=O) groups is 1. The molecule has 1 aromatic heterocycles. The van der Waals surface area contributed by atoms with Crippen LogP contribution in [-0.4, -0.2) is 23.0 Å². The van der Waals surface area contributed by atoms with Crippen molar-refractivity contribution in [2.45, 2.75) is 6.92 Å². The van der Waals surface area contributed by atoms with Crippen LogP contribution in [0.15, 0.2) is 10.7 Å². The van der Waals surface area contributed by atoms with Gasteiger partial charge in [-0.25, -0.2) is 15.4 Å². The number of hydroxylamine groups is 1. The van der Waals surface area contributed by atoms with Crippen LogP contribution >= 0.6 is 15.9 Å². The molecule has 13 heavy (non-hydrogen) atoms. The molecule has 0 aliphatic heterocycles. The number of aromatic nitrogens is 2. The largest absolute Gasteiger partial charge is 0.294 e. The van der Waals surface area contributed by atoms with Crippen molar-refractivity contribution in [3.63, 3.8) is 0 Å². The Labute approximate surface area is 83.6 Å². The monoisotopic (exact) mass is 245 g/mol. The molecule has 0 aromatic carbocycles. The standard InChI is InChI=1S/C7H8BrN3O2/c1-4-9-3-5(8)6(10-4)7(12)11-13-2/h3H,1-2H3,(H,11,12). The van der Waals surface area contributed by atoms with Crippen LogP contribution < -0.4 is 5.48 Å². The minimum absolute atomic E-state index is 0.259. The Morgan fingerprint density at radius 2 is 2.38 bits per heavy atom. The van der Waals surface area contributed by atoms with Gasteiger partial charge < -0.3 is 0 Å². The van der Waals surface area contributed by atoms with E-state index in [4.69, 9.17) is 0 Å². The Kier molecular flexibility index (Phi) is 3.32. The fourth-order valence-electron chi connectivity index (χ4n) is 0.756. The average molecular weight is 246 g/mol. The highest BCUT2D eigenvalue weighted by Crippen LogP contribution is 2.12. The highest BCUT2D eigenvalue weighted by atomic mass is 79.9. The van der Waals surface area contributed by atoms with E-state index in [9.17, 15) is 4.79 Å². The SMILES string of the molecule is CONC(=O)c1nc(C)ncc1Br. The predicted octanol–water partition coefficient (Wildman–Crippen LogP) is 0.839. The molecule has 1 N–H and O–H groups in total. The van der Waals surface area contributed by atoms with Gasteiger partial charge in [0.2, 0.25) is 0 Å². The van der Waals surface area contributed by atoms with Crippen LogP contribution in [0, 0.1) is 6.92 Å². The zero-order chi connectivity index (χ0) is 9.84. The van der Waals surface area contributed by atoms with E-state index in [1.165, 1.54) is 13.3 Å². The molecule has 0 atom stereocenters. The lowest BCUT2D eigenvalue weighted by Gasteiger charge is -2.03. The second-order valence-electron chi connectivity index (χ2n) is 2.25. The maximum absolute atomic E-state index is 11.3. The number of hydrogen-bond donors (Lipinski definition) is 1. The van der Waals surface area contributed by atoms with Gasteiger partial charge >= 0.3 is 0 Å². The van der Waals surface area contributed by atoms with Gasteiger partial charge in [0.1, 0.15) is 11.5 Å². The molecular formula is C7H8BrN3O2. The molecule has 0 aliphatic rings. The summed E-state index contributed by atoms with van der Waals surface area (Å²) in [4.78, 5) is 23.6. The van der Waals surface area contributed by atoms with Gasteiger partial charge in [-0.05, 0) is 22.9 Å². The number of aryl methyl sites for hydroxylation is 1. The number of carbonyl (C=O) groups excluding carboxylic acids is 1. The highest BCUT2D eigenvalue weighted by Gasteiger charge is 2.11. The first-order chi connectivity index (χ1) is 6.15. The molecule has 1 heterocycles. The van der Waals surface area contributed by atoms with E-state index in [0.717, 1.165) is 0 Å². The molecular weight excluding hydrogens is 238 g/mol. The molecule has 70 valence electrons. The molecule has 6 heteroatoms. The van der Waals surface area contributed by atoms with Crippen molar-refractivity contribution in [1.29, 1.82) is 0 Å². The molecule has 0 bridgehead atoms. The predicted molar refractivity (Wildman–Crippen MR) is 48.9 cm³/mol. The number of nitrogens with zero attached hydrogens (tertiary/aromatic N) is 2. The number of hydrogen-bond acceptors (Lipinski definition) is 4. The normalized spacial score (nSPS) is 9.77. The molecule has 1 amide bonds. The molecule has 1 aromatic rings. The number of amides is 1. The molecule has 0 saturated carbocycles. The third-order valence-corrected chi connectivity index (χ3v) is 1.85. The van der Waals surface area contributed by atoms with Crippen molar-refractivity contribution in [3.8, 4) is 0 Å². The average Bonchev–Trinajstić information content (AvgIpc) is 2.09. The van der Waals surface area contributed by atoms with E-state index >= 15 is 0 Å². The van der Waals surface area contributed by atoms with E-state index in [1.807, 2.05) is 0 Å². The van der Waals surface area contributed by atoms with Gasteiger partial charge in [0, 0.05) is 6.20 Å². The van der Waals surface area contributed by atoms with Crippen molar-refractivity contribution in [3.05, 3.63) is 22.2 Å². The fourth-order valence-corrected chi connectivity index (χ4v) is 1.13. The van der Waals surface area contributed by atoms with Gasteiger partial charge in [-0.3, -0.25) is 9.63 Å². The third-order valence-electron chi connectivity index (χ3n) is 1.27. The van der Waals surface area contributed by atoms with Crippen LogP contribution in [-0.2, 0) is 4.84 Å². The zero-order valence-electron chi connectivity index (χ0n) is 7.17. The first-order valence-electron chi connectivity index (χ1n) is 3.47. The summed E-state index contributed by atoms with van der Waals surface area (Å²) in [5.74, 6) is 0.129. The lowest BCUT2D eigenvalue weighted by atomic mass is 10.4. The Hall–Kier alpha value is -1.01. The van der Waals surface area contributed by atoms with Crippen molar-refractivity contribution in [2.75, 3.05) is 7.11 Å². The van der Waals surface area contributed by atoms with Gasteiger partial charge in [-0.2, -0.15) is 0 Å². The summed E-state index contributed by atoms with van der Waals surface area (Å²) in [6.07, 6.45) is 1.52. The number of halogens is 1. The van der Waals surface area contributed by atoms with Crippen LogP contribution in [0.4, 0.5) is 0 Å². The van der Waals surface area contributed by atoms with Crippen molar-refractivity contribution in [2.24, 2.45) is 0 Å². The van der Waals surface area contributed by atoms with Crippen LogP contribution in [0.3, 0.4) is 0 Å². The summed E-state index contributed by atoms with van der Waals surface area (Å²) in [6, 6.07) is 0. The quantitative estimate of drug-likeness (QED) is 0.785. The lowest BCUT2D eigenvalue weighted by Crippen LogP contribution is -2.23. The molecule has 0 fully saturated rings. The molecule has 0 spiro atoms. The van der Waals surface area contributed by atoms with E-state index in [0.29, 0.717) is 10.3 Å². The van der Waals surface area contributed by atoms with Crippen LogP contribution in [0.5, 0.6) is 0 Å². The number of nitrogens with one attached hydrogen (secondary N) is 1. The molecule has 0 radical (unpaired) electrons. The van der Waals surface area contributed by atoms with Crippen molar-refractivity contribution >= 4 is 21.8 Å². The molecule has 0 aliphatic carbocycles. The topological polar surface area (TPSA) is 64.1 Å². The van der Waals surface area contributed by atoms with Crippen LogP contribution in [0.2, 0.25) is 0 Å². The van der Waals surface area contributed by atoms with Crippen molar-refractivity contribution < 1.29 is 9.63 Å². The van der Waals surface area contributed by atoms with E-state index in [2.05, 4.69) is 36.2 Å².